The highest BCUT2D eigenvalue weighted by atomic mass is 16.4. The highest BCUT2D eigenvalue weighted by molar-refractivity contribution is 5.84. The largest absolute Gasteiger partial charge is 0.476 e. The molecule has 21 heavy (non-hydrogen) atoms. The number of aromatic nitrogens is 4. The topological polar surface area (TPSA) is 93.2 Å². The van der Waals surface area contributed by atoms with Gasteiger partial charge in [0.15, 0.2) is 5.69 Å². The van der Waals surface area contributed by atoms with Crippen LogP contribution in [0.4, 0.5) is 0 Å². The minimum Gasteiger partial charge on any atom is -0.476 e. The van der Waals surface area contributed by atoms with E-state index in [0.717, 1.165) is 19.6 Å². The van der Waals surface area contributed by atoms with Gasteiger partial charge in [0, 0.05) is 38.4 Å². The van der Waals surface area contributed by atoms with Crippen molar-refractivity contribution >= 4 is 5.97 Å². The van der Waals surface area contributed by atoms with Gasteiger partial charge in [-0.1, -0.05) is 11.3 Å². The van der Waals surface area contributed by atoms with Crippen molar-refractivity contribution in [3.05, 3.63) is 46.6 Å². The summed E-state index contributed by atoms with van der Waals surface area (Å²) in [6.07, 6.45) is 3.22. The van der Waals surface area contributed by atoms with Gasteiger partial charge in [0.05, 0.1) is 12.2 Å². The van der Waals surface area contributed by atoms with Gasteiger partial charge >= 0.3 is 5.97 Å². The van der Waals surface area contributed by atoms with Crippen LogP contribution in [0.5, 0.6) is 0 Å². The summed E-state index contributed by atoms with van der Waals surface area (Å²) in [5.74, 6) is -1.07. The lowest BCUT2D eigenvalue weighted by Gasteiger charge is -2.38. The van der Waals surface area contributed by atoms with Gasteiger partial charge in [-0.05, 0) is 6.07 Å². The Balaban J connectivity index is 1.50. The number of aromatic carboxylic acids is 1. The second-order valence-corrected chi connectivity index (χ2v) is 5.03. The van der Waals surface area contributed by atoms with E-state index in [1.165, 1.54) is 6.20 Å². The van der Waals surface area contributed by atoms with Crippen LogP contribution in [0.1, 0.15) is 16.5 Å². The Morgan fingerprint density at radius 3 is 2.81 bits per heavy atom. The zero-order chi connectivity index (χ0) is 14.8. The van der Waals surface area contributed by atoms with E-state index in [4.69, 9.17) is 5.11 Å². The van der Waals surface area contributed by atoms with E-state index in [1.54, 1.807) is 27.6 Å². The maximum atomic E-state index is 11.6. The van der Waals surface area contributed by atoms with Crippen molar-refractivity contribution in [2.24, 2.45) is 0 Å². The second-order valence-electron chi connectivity index (χ2n) is 5.03. The van der Waals surface area contributed by atoms with Crippen LogP contribution in [0, 0.1) is 0 Å². The summed E-state index contributed by atoms with van der Waals surface area (Å²) in [5, 5.41) is 16.2. The maximum absolute atomic E-state index is 11.6. The molecule has 0 radical (unpaired) electrons. The summed E-state index contributed by atoms with van der Waals surface area (Å²) < 4.78 is 3.26. The lowest BCUT2D eigenvalue weighted by Crippen LogP contribution is -2.49. The van der Waals surface area contributed by atoms with Crippen LogP contribution >= 0.6 is 0 Å². The molecule has 8 nitrogen and oxygen atoms in total. The molecule has 0 amide bonds. The number of hydrogen-bond acceptors (Lipinski definition) is 5. The smallest absolute Gasteiger partial charge is 0.358 e. The zero-order valence-electron chi connectivity index (χ0n) is 11.3. The molecule has 2 aromatic rings. The van der Waals surface area contributed by atoms with Crippen molar-refractivity contribution in [1.29, 1.82) is 0 Å². The Morgan fingerprint density at radius 2 is 2.14 bits per heavy atom. The summed E-state index contributed by atoms with van der Waals surface area (Å²) in [4.78, 5) is 24.5. The third-order valence-electron chi connectivity index (χ3n) is 3.60. The Hall–Kier alpha value is -2.48. The first-order chi connectivity index (χ1) is 10.1. The molecule has 3 heterocycles. The predicted octanol–water partition coefficient (Wildman–Crippen LogP) is -0.305. The fraction of sp³-hybridized carbons (Fsp3) is 0.385. The quantitative estimate of drug-likeness (QED) is 0.812. The number of pyridine rings is 1. The number of likely N-dealkylation sites (tertiary alicyclic amines) is 1. The Bertz CT molecular complexity index is 702. The Kier molecular flexibility index (Phi) is 3.53. The van der Waals surface area contributed by atoms with Crippen molar-refractivity contribution in [2.75, 3.05) is 19.6 Å². The van der Waals surface area contributed by atoms with Gasteiger partial charge < -0.3 is 9.67 Å². The first-order valence-electron chi connectivity index (χ1n) is 6.66. The molecule has 3 rings (SSSR count). The molecule has 1 fully saturated rings. The van der Waals surface area contributed by atoms with Gasteiger partial charge in [-0.15, -0.1) is 5.10 Å². The molecular weight excluding hydrogens is 274 g/mol. The summed E-state index contributed by atoms with van der Waals surface area (Å²) in [6.45, 7) is 2.99. The summed E-state index contributed by atoms with van der Waals surface area (Å²) >= 11 is 0. The molecule has 1 N–H and O–H groups in total. The van der Waals surface area contributed by atoms with E-state index < -0.39 is 5.97 Å². The van der Waals surface area contributed by atoms with Crippen molar-refractivity contribution < 1.29 is 9.90 Å². The van der Waals surface area contributed by atoms with Crippen molar-refractivity contribution in [2.45, 2.75) is 12.6 Å². The number of carboxylic acid groups (broad SMARTS) is 1. The summed E-state index contributed by atoms with van der Waals surface area (Å²) in [6, 6.07) is 5.26. The monoisotopic (exact) mass is 289 g/mol. The molecule has 1 aliphatic heterocycles. The molecule has 8 heteroatoms. The van der Waals surface area contributed by atoms with Crippen molar-refractivity contribution in [3.63, 3.8) is 0 Å². The fourth-order valence-electron chi connectivity index (χ4n) is 2.34. The molecule has 110 valence electrons. The zero-order valence-corrected chi connectivity index (χ0v) is 11.3. The van der Waals surface area contributed by atoms with Gasteiger partial charge in [0.1, 0.15) is 0 Å². The number of hydrogen-bond donors (Lipinski definition) is 1. The van der Waals surface area contributed by atoms with Gasteiger partial charge in [-0.25, -0.2) is 9.48 Å². The molecule has 0 bridgehead atoms. The number of carboxylic acids is 1. The van der Waals surface area contributed by atoms with E-state index in [1.807, 2.05) is 6.07 Å². The van der Waals surface area contributed by atoms with Gasteiger partial charge in [-0.3, -0.25) is 9.69 Å². The number of rotatable bonds is 5. The highest BCUT2D eigenvalue weighted by Crippen LogP contribution is 2.19. The van der Waals surface area contributed by atoms with Crippen molar-refractivity contribution in [1.82, 2.24) is 24.5 Å². The molecule has 2 aromatic heterocycles. The molecule has 1 saturated heterocycles. The average Bonchev–Trinajstić information content (AvgIpc) is 2.88. The first-order valence-corrected chi connectivity index (χ1v) is 6.66. The van der Waals surface area contributed by atoms with Crippen LogP contribution < -0.4 is 5.56 Å². The van der Waals surface area contributed by atoms with E-state index in [-0.39, 0.29) is 17.3 Å². The third kappa shape index (κ3) is 2.84. The minimum atomic E-state index is -1.07. The van der Waals surface area contributed by atoms with Crippen molar-refractivity contribution in [3.8, 4) is 0 Å². The molecule has 1 aliphatic rings. The lowest BCUT2D eigenvalue weighted by atomic mass is 10.1. The van der Waals surface area contributed by atoms with Crippen LogP contribution in [0.25, 0.3) is 0 Å². The predicted molar refractivity (Wildman–Crippen MR) is 73.2 cm³/mol. The third-order valence-corrected chi connectivity index (χ3v) is 3.60. The van der Waals surface area contributed by atoms with Gasteiger partial charge in [0.25, 0.3) is 5.56 Å². The number of carbonyl (C=O) groups is 1. The van der Waals surface area contributed by atoms with E-state index in [0.29, 0.717) is 6.54 Å². The molecule has 0 aromatic carbocycles. The fourth-order valence-corrected chi connectivity index (χ4v) is 2.34. The Morgan fingerprint density at radius 1 is 1.33 bits per heavy atom. The number of nitrogens with zero attached hydrogens (tertiary/aromatic N) is 5. The first kappa shape index (κ1) is 13.5. The van der Waals surface area contributed by atoms with E-state index >= 15 is 0 Å². The van der Waals surface area contributed by atoms with E-state index in [9.17, 15) is 9.59 Å². The minimum absolute atomic E-state index is 0.00282. The Labute approximate surface area is 120 Å². The standard InChI is InChI=1S/C13H15N5O3/c19-12-3-1-2-4-17(12)6-5-16-7-10(8-16)18-9-11(13(20)21)14-15-18/h1-4,9-10H,5-8H2,(H,20,21). The van der Waals surface area contributed by atoms with E-state index in [2.05, 4.69) is 15.2 Å². The average molecular weight is 289 g/mol. The molecule has 0 spiro atoms. The van der Waals surface area contributed by atoms with Crippen LogP contribution in [0.2, 0.25) is 0 Å². The van der Waals surface area contributed by atoms with Crippen LogP contribution in [0.15, 0.2) is 35.4 Å². The van der Waals surface area contributed by atoms with Gasteiger partial charge in [-0.2, -0.15) is 0 Å². The SMILES string of the molecule is O=C(O)c1cn(C2CN(CCn3ccccc3=O)C2)nn1. The summed E-state index contributed by atoms with van der Waals surface area (Å²) in [7, 11) is 0. The molecular formula is C13H15N5O3. The highest BCUT2D eigenvalue weighted by Gasteiger charge is 2.29. The maximum Gasteiger partial charge on any atom is 0.358 e. The van der Waals surface area contributed by atoms with Crippen LogP contribution in [-0.2, 0) is 6.54 Å². The second kappa shape index (κ2) is 5.49. The molecule has 0 unspecified atom stereocenters. The lowest BCUT2D eigenvalue weighted by molar-refractivity contribution is 0.0690. The van der Waals surface area contributed by atoms with Gasteiger partial charge in [0.2, 0.25) is 0 Å². The molecule has 0 aliphatic carbocycles. The molecule has 0 saturated carbocycles. The van der Waals surface area contributed by atoms with Crippen LogP contribution in [0.3, 0.4) is 0 Å². The normalized spacial score (nSPS) is 15.8. The van der Waals surface area contributed by atoms with Crippen LogP contribution in [-0.4, -0.2) is 55.2 Å². The molecule has 0 atom stereocenters. The summed E-state index contributed by atoms with van der Waals surface area (Å²) in [5.41, 5.74) is -0.0405.